The molecular formula is C71H52N2. The first-order chi connectivity index (χ1) is 35.7. The van der Waals surface area contributed by atoms with Crippen LogP contribution >= 0.6 is 0 Å². The maximum absolute atomic E-state index is 2.53. The minimum atomic E-state index is -0.555. The largest absolute Gasteiger partial charge is 0.310 e. The summed E-state index contributed by atoms with van der Waals surface area (Å²) in [6.07, 6.45) is 0. The van der Waals surface area contributed by atoms with Crippen molar-refractivity contribution in [3.05, 3.63) is 287 Å². The molecule has 0 unspecified atom stereocenters. The van der Waals surface area contributed by atoms with Crippen LogP contribution in [0.5, 0.6) is 0 Å². The first-order valence-corrected chi connectivity index (χ1v) is 25.8. The minimum Gasteiger partial charge on any atom is -0.310 e. The van der Waals surface area contributed by atoms with E-state index in [1.54, 1.807) is 0 Å². The fraction of sp³-hybridized carbons (Fsp3) is 0.0986. The van der Waals surface area contributed by atoms with E-state index in [0.717, 1.165) is 34.1 Å². The maximum Gasteiger partial charge on any atom is 0.0726 e. The molecule has 0 saturated heterocycles. The van der Waals surface area contributed by atoms with Crippen LogP contribution in [0.1, 0.15) is 72.2 Å². The van der Waals surface area contributed by atoms with E-state index >= 15 is 0 Å². The zero-order chi connectivity index (χ0) is 48.8. The smallest absolute Gasteiger partial charge is 0.0726 e. The van der Waals surface area contributed by atoms with E-state index < -0.39 is 5.41 Å². The van der Waals surface area contributed by atoms with Gasteiger partial charge in [0.1, 0.15) is 0 Å². The van der Waals surface area contributed by atoms with Crippen molar-refractivity contribution in [3.8, 4) is 44.5 Å². The summed E-state index contributed by atoms with van der Waals surface area (Å²) in [5.74, 6) is 0. The Morgan fingerprint density at radius 1 is 0.219 bits per heavy atom. The number of fused-ring (bicyclic) bond motifs is 17. The van der Waals surface area contributed by atoms with Crippen molar-refractivity contribution in [2.24, 2.45) is 0 Å². The Balaban J connectivity index is 0.936. The fourth-order valence-corrected chi connectivity index (χ4v) is 13.9. The summed E-state index contributed by atoms with van der Waals surface area (Å²) < 4.78 is 0. The molecule has 0 amide bonds. The van der Waals surface area contributed by atoms with Crippen molar-refractivity contribution < 1.29 is 0 Å². The van der Waals surface area contributed by atoms with Gasteiger partial charge in [-0.2, -0.15) is 0 Å². The van der Waals surface area contributed by atoms with Crippen LogP contribution in [0.4, 0.5) is 34.1 Å². The van der Waals surface area contributed by atoms with E-state index in [4.69, 9.17) is 0 Å². The van der Waals surface area contributed by atoms with Gasteiger partial charge in [0.15, 0.2) is 0 Å². The molecule has 0 radical (unpaired) electrons. The third-order valence-corrected chi connectivity index (χ3v) is 17.2. The fourth-order valence-electron chi connectivity index (χ4n) is 13.9. The average Bonchev–Trinajstić information content (AvgIpc) is 4.07. The molecule has 0 bridgehead atoms. The van der Waals surface area contributed by atoms with Gasteiger partial charge in [-0.3, -0.25) is 0 Å². The highest BCUT2D eigenvalue weighted by atomic mass is 15.1. The third kappa shape index (κ3) is 5.75. The van der Waals surface area contributed by atoms with E-state index in [0.29, 0.717) is 0 Å². The summed E-state index contributed by atoms with van der Waals surface area (Å²) >= 11 is 0. The van der Waals surface area contributed by atoms with Crippen LogP contribution in [0.25, 0.3) is 55.3 Å². The van der Waals surface area contributed by atoms with Crippen LogP contribution in [0.2, 0.25) is 0 Å². The number of benzene rings is 11. The Morgan fingerprint density at radius 3 is 1.10 bits per heavy atom. The molecule has 4 aliphatic rings. The molecule has 2 heteroatoms. The predicted molar refractivity (Wildman–Crippen MR) is 305 cm³/mol. The molecule has 0 heterocycles. The van der Waals surface area contributed by atoms with Crippen molar-refractivity contribution in [3.63, 3.8) is 0 Å². The van der Waals surface area contributed by atoms with E-state index in [2.05, 4.69) is 280 Å². The third-order valence-electron chi connectivity index (χ3n) is 17.2. The number of rotatable bonds is 6. The first kappa shape index (κ1) is 42.0. The number of nitrogens with zero attached hydrogens (tertiary/aromatic N) is 2. The van der Waals surface area contributed by atoms with Gasteiger partial charge >= 0.3 is 0 Å². The summed E-state index contributed by atoms with van der Waals surface area (Å²) in [6, 6.07) is 91.6. The van der Waals surface area contributed by atoms with Gasteiger partial charge in [-0.25, -0.2) is 0 Å². The molecule has 0 atom stereocenters. The standard InChI is InChI=1S/C71H52N2/c1-69(2)61-27-15-11-25-55(61)59-42-50(34-37-63(59)69)72(47-19-7-5-8-20-47)49-32-31-45-40-58-57-36-33-52(44-68(57)71(67(58)41-46(45)39-49)65-29-17-13-23-53(65)54-24-14-18-30-66(54)71)73(48-21-9-6-10-22-48)51-35-38-64-60(43-51)56-26-12-16-28-62(56)70(64,3)4/h5-44H,1-4H3. The highest BCUT2D eigenvalue weighted by Crippen LogP contribution is 2.64. The van der Waals surface area contributed by atoms with Gasteiger partial charge < -0.3 is 9.80 Å². The molecule has 1 spiro atoms. The van der Waals surface area contributed by atoms with Crippen LogP contribution < -0.4 is 9.80 Å². The molecule has 11 aromatic rings. The van der Waals surface area contributed by atoms with Crippen molar-refractivity contribution in [1.82, 2.24) is 0 Å². The number of hydrogen-bond donors (Lipinski definition) is 0. The molecule has 0 fully saturated rings. The molecule has 0 saturated carbocycles. The summed E-state index contributed by atoms with van der Waals surface area (Å²) in [6.45, 7) is 9.43. The SMILES string of the molecule is CC1(C)c2ccccc2-c2cc(N(c3ccccc3)c3ccc4c(c3)C3(c5ccccc5-c5ccccc53)c3cc5cc(N(c6ccccc6)c6ccc7c(c6)-c6ccccc6C7(C)C)ccc5cc3-4)ccc21. The Bertz CT molecular complexity index is 4060. The normalized spacial score (nSPS) is 14.9. The van der Waals surface area contributed by atoms with Gasteiger partial charge in [0, 0.05) is 45.0 Å². The van der Waals surface area contributed by atoms with Crippen molar-refractivity contribution in [1.29, 1.82) is 0 Å². The van der Waals surface area contributed by atoms with Crippen molar-refractivity contribution in [2.75, 3.05) is 9.80 Å². The maximum atomic E-state index is 2.53. The molecule has 4 aliphatic carbocycles. The lowest BCUT2D eigenvalue weighted by Crippen LogP contribution is -2.26. The topological polar surface area (TPSA) is 6.48 Å². The lowest BCUT2D eigenvalue weighted by atomic mass is 9.70. The molecule has 346 valence electrons. The van der Waals surface area contributed by atoms with E-state index in [-0.39, 0.29) is 10.8 Å². The highest BCUT2D eigenvalue weighted by molar-refractivity contribution is 6.02. The van der Waals surface area contributed by atoms with Crippen LogP contribution in [-0.2, 0) is 16.2 Å². The lowest BCUT2D eigenvalue weighted by molar-refractivity contribution is 0.660. The summed E-state index contributed by atoms with van der Waals surface area (Å²) in [7, 11) is 0. The second-order valence-corrected chi connectivity index (χ2v) is 21.6. The van der Waals surface area contributed by atoms with E-state index in [9.17, 15) is 0 Å². The minimum absolute atomic E-state index is 0.0666. The Labute approximate surface area is 428 Å². The summed E-state index contributed by atoms with van der Waals surface area (Å²) in [4.78, 5) is 4.91. The monoisotopic (exact) mass is 932 g/mol. The van der Waals surface area contributed by atoms with Crippen LogP contribution in [0.15, 0.2) is 243 Å². The molecular weight excluding hydrogens is 881 g/mol. The molecule has 0 aliphatic heterocycles. The van der Waals surface area contributed by atoms with Crippen LogP contribution in [0.3, 0.4) is 0 Å². The second-order valence-electron chi connectivity index (χ2n) is 21.6. The molecule has 2 nitrogen and oxygen atoms in total. The van der Waals surface area contributed by atoms with Crippen LogP contribution in [-0.4, -0.2) is 0 Å². The van der Waals surface area contributed by atoms with Gasteiger partial charge in [-0.15, -0.1) is 0 Å². The van der Waals surface area contributed by atoms with E-state index in [1.807, 2.05) is 0 Å². The van der Waals surface area contributed by atoms with E-state index in [1.165, 1.54) is 99.8 Å². The Hall–Kier alpha value is -8.72. The molecule has 0 N–H and O–H groups in total. The number of hydrogen-bond acceptors (Lipinski definition) is 2. The zero-order valence-electron chi connectivity index (χ0n) is 41.5. The highest BCUT2D eigenvalue weighted by Gasteiger charge is 2.52. The van der Waals surface area contributed by atoms with Crippen molar-refractivity contribution >= 4 is 44.9 Å². The molecule has 0 aromatic heterocycles. The number of para-hydroxylation sites is 2. The van der Waals surface area contributed by atoms with Gasteiger partial charge in [0.25, 0.3) is 0 Å². The average molecular weight is 933 g/mol. The molecule has 11 aromatic carbocycles. The molecule has 73 heavy (non-hydrogen) atoms. The second kappa shape index (κ2) is 15.2. The van der Waals surface area contributed by atoms with Gasteiger partial charge in [0.05, 0.1) is 5.41 Å². The van der Waals surface area contributed by atoms with Gasteiger partial charge in [-0.1, -0.05) is 185 Å². The number of anilines is 6. The summed E-state index contributed by atoms with van der Waals surface area (Å²) in [5, 5.41) is 2.44. The lowest BCUT2D eigenvalue weighted by Gasteiger charge is -2.32. The van der Waals surface area contributed by atoms with Crippen LogP contribution in [0, 0.1) is 0 Å². The molecule has 15 rings (SSSR count). The Morgan fingerprint density at radius 2 is 0.575 bits per heavy atom. The predicted octanol–water partition coefficient (Wildman–Crippen LogP) is 18.7. The van der Waals surface area contributed by atoms with Gasteiger partial charge in [0.2, 0.25) is 0 Å². The Kier molecular flexibility index (Phi) is 8.72. The van der Waals surface area contributed by atoms with Crippen molar-refractivity contribution in [2.45, 2.75) is 43.9 Å². The van der Waals surface area contributed by atoms with Gasteiger partial charge in [-0.05, 0) is 185 Å². The zero-order valence-corrected chi connectivity index (χ0v) is 41.5. The first-order valence-electron chi connectivity index (χ1n) is 25.8. The summed E-state index contributed by atoms with van der Waals surface area (Å²) in [5.41, 5.74) is 27.4. The quantitative estimate of drug-likeness (QED) is 0.164.